The highest BCUT2D eigenvalue weighted by molar-refractivity contribution is 5.30. The summed E-state index contributed by atoms with van der Waals surface area (Å²) in [6.45, 7) is 5.10. The van der Waals surface area contributed by atoms with Crippen LogP contribution in [0.25, 0.3) is 0 Å². The third-order valence-electron chi connectivity index (χ3n) is 2.76. The molecule has 0 saturated heterocycles. The van der Waals surface area contributed by atoms with Crippen molar-refractivity contribution in [1.29, 1.82) is 0 Å². The zero-order valence-corrected chi connectivity index (χ0v) is 11.3. The van der Waals surface area contributed by atoms with Crippen molar-refractivity contribution in [2.24, 2.45) is 5.73 Å². The monoisotopic (exact) mass is 261 g/mol. The zero-order chi connectivity index (χ0) is 13.7. The molecule has 102 valence electrons. The fourth-order valence-corrected chi connectivity index (χ4v) is 1.69. The van der Waals surface area contributed by atoms with Gasteiger partial charge in [0.1, 0.15) is 5.75 Å². The Morgan fingerprint density at radius 3 is 2.95 bits per heavy atom. The van der Waals surface area contributed by atoms with Gasteiger partial charge in [-0.25, -0.2) is 0 Å². The number of nitrogens with zero attached hydrogens (tertiary/aromatic N) is 2. The van der Waals surface area contributed by atoms with Crippen molar-refractivity contribution in [3.05, 3.63) is 41.5 Å². The Hall–Kier alpha value is -1.88. The lowest BCUT2D eigenvalue weighted by molar-refractivity contribution is 0.285. The Kier molecular flexibility index (Phi) is 4.52. The van der Waals surface area contributed by atoms with Crippen LogP contribution in [0.4, 0.5) is 0 Å². The number of benzene rings is 1. The molecule has 1 aromatic carbocycles. The number of hydrogen-bond acceptors (Lipinski definition) is 5. The van der Waals surface area contributed by atoms with Gasteiger partial charge in [0.05, 0.1) is 0 Å². The van der Waals surface area contributed by atoms with Gasteiger partial charge in [-0.15, -0.1) is 0 Å². The first-order valence-electron chi connectivity index (χ1n) is 6.43. The predicted octanol–water partition coefficient (Wildman–Crippen LogP) is 2.27. The molecule has 0 fully saturated rings. The van der Waals surface area contributed by atoms with Gasteiger partial charge in [-0.3, -0.25) is 0 Å². The predicted molar refractivity (Wildman–Crippen MR) is 71.9 cm³/mol. The molecule has 2 N–H and O–H groups in total. The highest BCUT2D eigenvalue weighted by Gasteiger charge is 2.07. The van der Waals surface area contributed by atoms with E-state index >= 15 is 0 Å². The highest BCUT2D eigenvalue weighted by atomic mass is 16.5. The number of ether oxygens (including phenoxy) is 1. The molecular weight excluding hydrogens is 242 g/mol. The molecule has 5 nitrogen and oxygen atoms in total. The topological polar surface area (TPSA) is 74.2 Å². The van der Waals surface area contributed by atoms with Crippen molar-refractivity contribution in [1.82, 2.24) is 10.1 Å². The van der Waals surface area contributed by atoms with Crippen LogP contribution in [-0.2, 0) is 13.0 Å². The van der Waals surface area contributed by atoms with Crippen LogP contribution in [0.2, 0.25) is 0 Å². The van der Waals surface area contributed by atoms with E-state index in [-0.39, 0.29) is 0 Å². The van der Waals surface area contributed by atoms with Gasteiger partial charge in [-0.05, 0) is 23.6 Å². The van der Waals surface area contributed by atoms with Crippen molar-refractivity contribution in [3.63, 3.8) is 0 Å². The standard InChI is InChI=1S/C14H19N3O2/c1-10(2)11-4-3-5-12(8-11)18-9-13-16-14(6-7-15)19-17-13/h3-5,8,10H,6-7,9,15H2,1-2H3. The molecule has 0 unspecified atom stereocenters. The Balaban J connectivity index is 1.95. The van der Waals surface area contributed by atoms with Gasteiger partial charge >= 0.3 is 0 Å². The molecule has 0 saturated carbocycles. The Bertz CT molecular complexity index is 523. The van der Waals surface area contributed by atoms with Crippen molar-refractivity contribution < 1.29 is 9.26 Å². The van der Waals surface area contributed by atoms with Gasteiger partial charge in [0.15, 0.2) is 6.61 Å². The lowest BCUT2D eigenvalue weighted by atomic mass is 10.0. The summed E-state index contributed by atoms with van der Waals surface area (Å²) in [7, 11) is 0. The van der Waals surface area contributed by atoms with Crippen LogP contribution >= 0.6 is 0 Å². The van der Waals surface area contributed by atoms with Gasteiger partial charge in [-0.1, -0.05) is 31.1 Å². The number of aromatic nitrogens is 2. The van der Waals surface area contributed by atoms with Crippen LogP contribution in [0, 0.1) is 0 Å². The minimum Gasteiger partial charge on any atom is -0.485 e. The molecule has 19 heavy (non-hydrogen) atoms. The summed E-state index contributed by atoms with van der Waals surface area (Å²) in [5, 5.41) is 3.84. The van der Waals surface area contributed by atoms with Crippen LogP contribution in [-0.4, -0.2) is 16.7 Å². The molecule has 0 aliphatic heterocycles. The summed E-state index contributed by atoms with van der Waals surface area (Å²) in [5.41, 5.74) is 6.67. The Morgan fingerprint density at radius 2 is 2.21 bits per heavy atom. The molecule has 5 heteroatoms. The normalized spacial score (nSPS) is 10.9. The van der Waals surface area contributed by atoms with Gasteiger partial charge < -0.3 is 15.0 Å². The number of rotatable bonds is 6. The first kappa shape index (κ1) is 13.5. The fourth-order valence-electron chi connectivity index (χ4n) is 1.69. The van der Waals surface area contributed by atoms with Gasteiger partial charge in [-0.2, -0.15) is 4.98 Å². The molecule has 0 bridgehead atoms. The maximum Gasteiger partial charge on any atom is 0.228 e. The van der Waals surface area contributed by atoms with E-state index in [1.54, 1.807) is 0 Å². The summed E-state index contributed by atoms with van der Waals surface area (Å²) in [6, 6.07) is 8.03. The summed E-state index contributed by atoms with van der Waals surface area (Å²) >= 11 is 0. The number of nitrogens with two attached hydrogens (primary N) is 1. The molecule has 0 spiro atoms. The summed E-state index contributed by atoms with van der Waals surface area (Å²) in [5.74, 6) is 2.39. The minimum atomic E-state index is 0.301. The largest absolute Gasteiger partial charge is 0.485 e. The molecule has 0 radical (unpaired) electrons. The average molecular weight is 261 g/mol. The second kappa shape index (κ2) is 6.33. The molecular formula is C14H19N3O2. The lowest BCUT2D eigenvalue weighted by Gasteiger charge is -2.08. The second-order valence-corrected chi connectivity index (χ2v) is 4.66. The maximum atomic E-state index is 5.66. The molecule has 0 amide bonds. The molecule has 1 heterocycles. The van der Waals surface area contributed by atoms with E-state index in [9.17, 15) is 0 Å². The van der Waals surface area contributed by atoms with Crippen molar-refractivity contribution in [3.8, 4) is 5.75 Å². The van der Waals surface area contributed by atoms with Gasteiger partial charge in [0.2, 0.25) is 11.7 Å². The third-order valence-corrected chi connectivity index (χ3v) is 2.76. The summed E-state index contributed by atoms with van der Waals surface area (Å²) in [4.78, 5) is 4.19. The smallest absolute Gasteiger partial charge is 0.228 e. The average Bonchev–Trinajstić information content (AvgIpc) is 2.85. The zero-order valence-electron chi connectivity index (χ0n) is 11.3. The summed E-state index contributed by atoms with van der Waals surface area (Å²) in [6.07, 6.45) is 0.593. The van der Waals surface area contributed by atoms with Crippen LogP contribution in [0.3, 0.4) is 0 Å². The molecule has 2 aromatic rings. The van der Waals surface area contributed by atoms with E-state index in [0.717, 1.165) is 5.75 Å². The highest BCUT2D eigenvalue weighted by Crippen LogP contribution is 2.20. The second-order valence-electron chi connectivity index (χ2n) is 4.66. The quantitative estimate of drug-likeness (QED) is 0.863. The fraction of sp³-hybridized carbons (Fsp3) is 0.429. The maximum absolute atomic E-state index is 5.66. The lowest BCUT2D eigenvalue weighted by Crippen LogP contribution is -2.03. The first-order valence-corrected chi connectivity index (χ1v) is 6.43. The molecule has 0 atom stereocenters. The molecule has 2 rings (SSSR count). The van der Waals surface area contributed by atoms with Crippen LogP contribution < -0.4 is 10.5 Å². The summed E-state index contributed by atoms with van der Waals surface area (Å²) < 4.78 is 10.7. The van der Waals surface area contributed by atoms with Crippen LogP contribution in [0.15, 0.2) is 28.8 Å². The van der Waals surface area contributed by atoms with E-state index in [2.05, 4.69) is 30.1 Å². The van der Waals surface area contributed by atoms with E-state index < -0.39 is 0 Å². The van der Waals surface area contributed by atoms with Gasteiger partial charge in [0, 0.05) is 13.0 Å². The molecule has 0 aliphatic rings. The third kappa shape index (κ3) is 3.79. The van der Waals surface area contributed by atoms with Crippen molar-refractivity contribution >= 4 is 0 Å². The minimum absolute atomic E-state index is 0.301. The van der Waals surface area contributed by atoms with E-state index in [4.69, 9.17) is 15.0 Å². The molecule has 0 aliphatic carbocycles. The SMILES string of the molecule is CC(C)c1cccc(OCc2noc(CCN)n2)c1. The van der Waals surface area contributed by atoms with Crippen molar-refractivity contribution in [2.45, 2.75) is 32.8 Å². The van der Waals surface area contributed by atoms with Gasteiger partial charge in [0.25, 0.3) is 0 Å². The van der Waals surface area contributed by atoms with Crippen LogP contribution in [0.5, 0.6) is 5.75 Å². The van der Waals surface area contributed by atoms with E-state index in [0.29, 0.717) is 37.2 Å². The Morgan fingerprint density at radius 1 is 1.37 bits per heavy atom. The van der Waals surface area contributed by atoms with Crippen molar-refractivity contribution in [2.75, 3.05) is 6.54 Å². The van der Waals surface area contributed by atoms with E-state index in [1.807, 2.05) is 18.2 Å². The number of hydrogen-bond donors (Lipinski definition) is 1. The molecule has 1 aromatic heterocycles. The van der Waals surface area contributed by atoms with E-state index in [1.165, 1.54) is 5.56 Å². The first-order chi connectivity index (χ1) is 9.19. The Labute approximate surface area is 112 Å². The van der Waals surface area contributed by atoms with Crippen LogP contribution in [0.1, 0.15) is 37.0 Å².